The third kappa shape index (κ3) is 9.07. The summed E-state index contributed by atoms with van der Waals surface area (Å²) in [7, 11) is 0. The van der Waals surface area contributed by atoms with E-state index in [-0.39, 0.29) is 17.0 Å². The number of anilines is 1. The van der Waals surface area contributed by atoms with Crippen LogP contribution in [0.15, 0.2) is 66.7 Å². The maximum absolute atomic E-state index is 13.8. The number of likely N-dealkylation sites (tertiary alicyclic amines) is 1. The third-order valence-electron chi connectivity index (χ3n) is 9.14. The number of allylic oxidation sites excluding steroid dienone is 1. The van der Waals surface area contributed by atoms with Gasteiger partial charge in [0.1, 0.15) is 5.60 Å². The molecule has 1 unspecified atom stereocenters. The van der Waals surface area contributed by atoms with Gasteiger partial charge in [0.05, 0.1) is 17.0 Å². The molecule has 6 nitrogen and oxygen atoms in total. The van der Waals surface area contributed by atoms with E-state index >= 15 is 0 Å². The smallest absolute Gasteiger partial charge is 0.416 e. The van der Waals surface area contributed by atoms with Gasteiger partial charge in [-0.3, -0.25) is 10.1 Å². The highest BCUT2D eigenvalue weighted by Crippen LogP contribution is 2.44. The standard InChI is InChI=1S/C38H41F6N3O3/c1-24-17-27(21-30(18-24)46-34(49)50-35(2,3)4)31(10-14-47-15-12-36(13-16-47)11-9-26-7-5-6-8-32(26)36)33(48)45-23-25-19-28(37(39,40)41)22-29(20-25)38(42,43)44/h5-9,11,17-22,31H,10,12-16,23H2,1-4H3,(H,45,48)(H,46,49). The van der Waals surface area contributed by atoms with Crippen LogP contribution in [0.2, 0.25) is 0 Å². The van der Waals surface area contributed by atoms with Crippen molar-refractivity contribution in [1.29, 1.82) is 0 Å². The summed E-state index contributed by atoms with van der Waals surface area (Å²) in [6.45, 7) is 8.48. The Hall–Kier alpha value is -4.32. The Kier molecular flexibility index (Phi) is 10.4. The molecule has 50 heavy (non-hydrogen) atoms. The highest BCUT2D eigenvalue weighted by molar-refractivity contribution is 5.87. The average molecular weight is 702 g/mol. The molecular formula is C38H41F6N3O3. The zero-order valence-electron chi connectivity index (χ0n) is 28.4. The first-order valence-electron chi connectivity index (χ1n) is 16.5. The van der Waals surface area contributed by atoms with Gasteiger partial charge in [-0.25, -0.2) is 4.79 Å². The summed E-state index contributed by atoms with van der Waals surface area (Å²) in [4.78, 5) is 28.6. The largest absolute Gasteiger partial charge is 0.444 e. The van der Waals surface area contributed by atoms with E-state index < -0.39 is 53.5 Å². The summed E-state index contributed by atoms with van der Waals surface area (Å²) in [5.41, 5.74) is 0.148. The number of rotatable bonds is 8. The summed E-state index contributed by atoms with van der Waals surface area (Å²) in [5, 5.41) is 5.28. The van der Waals surface area contributed by atoms with E-state index in [2.05, 4.69) is 39.8 Å². The maximum atomic E-state index is 13.8. The molecule has 1 saturated heterocycles. The number of aryl methyl sites for hydroxylation is 1. The van der Waals surface area contributed by atoms with Crippen molar-refractivity contribution in [3.05, 3.63) is 106 Å². The molecule has 2 aliphatic rings. The van der Waals surface area contributed by atoms with Crippen molar-refractivity contribution in [2.75, 3.05) is 25.0 Å². The third-order valence-corrected chi connectivity index (χ3v) is 9.14. The lowest BCUT2D eigenvalue weighted by atomic mass is 9.74. The lowest BCUT2D eigenvalue weighted by molar-refractivity contribution is -0.143. The lowest BCUT2D eigenvalue weighted by Crippen LogP contribution is -2.42. The second kappa shape index (κ2) is 14.1. The molecule has 3 aromatic rings. The van der Waals surface area contributed by atoms with Crippen LogP contribution in [0, 0.1) is 6.92 Å². The van der Waals surface area contributed by atoms with E-state index in [0.717, 1.165) is 31.5 Å². The van der Waals surface area contributed by atoms with Gasteiger partial charge in [0.15, 0.2) is 0 Å². The summed E-state index contributed by atoms with van der Waals surface area (Å²) in [5.74, 6) is -1.39. The number of carbonyl (C=O) groups is 2. The van der Waals surface area contributed by atoms with Gasteiger partial charge in [-0.1, -0.05) is 42.5 Å². The number of alkyl halides is 6. The van der Waals surface area contributed by atoms with Crippen LogP contribution < -0.4 is 10.6 Å². The number of nitrogens with one attached hydrogen (secondary N) is 2. The molecule has 0 saturated carbocycles. The number of benzene rings is 3. The molecule has 3 aromatic carbocycles. The number of ether oxygens (including phenoxy) is 1. The molecule has 1 aliphatic carbocycles. The number of amides is 2. The van der Waals surface area contributed by atoms with Gasteiger partial charge in [-0.15, -0.1) is 0 Å². The number of nitrogens with zero attached hydrogens (tertiary/aromatic N) is 1. The van der Waals surface area contributed by atoms with Crippen molar-refractivity contribution in [3.8, 4) is 0 Å². The highest BCUT2D eigenvalue weighted by atomic mass is 19.4. The summed E-state index contributed by atoms with van der Waals surface area (Å²) >= 11 is 0. The van der Waals surface area contributed by atoms with Gasteiger partial charge < -0.3 is 15.0 Å². The monoisotopic (exact) mass is 701 g/mol. The van der Waals surface area contributed by atoms with Crippen LogP contribution >= 0.6 is 0 Å². The van der Waals surface area contributed by atoms with Gasteiger partial charge in [-0.05, 0) is 125 Å². The maximum Gasteiger partial charge on any atom is 0.416 e. The number of halogens is 6. The molecular weight excluding hydrogens is 660 g/mol. The molecule has 0 radical (unpaired) electrons. The van der Waals surface area contributed by atoms with E-state index in [0.29, 0.717) is 36.3 Å². The fraction of sp³-hybridized carbons (Fsp3) is 0.421. The van der Waals surface area contributed by atoms with E-state index in [4.69, 9.17) is 4.74 Å². The number of fused-ring (bicyclic) bond motifs is 2. The van der Waals surface area contributed by atoms with Crippen LogP contribution in [0.3, 0.4) is 0 Å². The fourth-order valence-corrected chi connectivity index (χ4v) is 6.75. The van der Waals surface area contributed by atoms with E-state index in [1.165, 1.54) is 11.1 Å². The number of piperidine rings is 1. The summed E-state index contributed by atoms with van der Waals surface area (Å²) in [6, 6.07) is 14.7. The molecule has 1 heterocycles. The SMILES string of the molecule is Cc1cc(NC(=O)OC(C)(C)C)cc(C(CCN2CCC3(C=Cc4ccccc43)CC2)C(=O)NCc2cc(C(F)(F)F)cc(C(F)(F)F)c2)c1. The average Bonchev–Trinajstić information content (AvgIpc) is 3.36. The molecule has 268 valence electrons. The Morgan fingerprint density at radius 3 is 2.16 bits per heavy atom. The molecule has 0 aromatic heterocycles. The van der Waals surface area contributed by atoms with E-state index in [9.17, 15) is 35.9 Å². The van der Waals surface area contributed by atoms with Crippen LogP contribution in [-0.2, 0) is 33.8 Å². The Balaban J connectivity index is 1.36. The van der Waals surface area contributed by atoms with Crippen LogP contribution in [-0.4, -0.2) is 42.1 Å². The second-order valence-electron chi connectivity index (χ2n) is 14.2. The molecule has 1 atom stereocenters. The van der Waals surface area contributed by atoms with Crippen molar-refractivity contribution >= 4 is 23.8 Å². The molecule has 2 amide bonds. The number of hydrogen-bond donors (Lipinski definition) is 2. The van der Waals surface area contributed by atoms with E-state index in [1.54, 1.807) is 45.9 Å². The lowest BCUT2D eigenvalue weighted by Gasteiger charge is -2.39. The Bertz CT molecular complexity index is 1720. The van der Waals surface area contributed by atoms with Gasteiger partial charge in [0.2, 0.25) is 5.91 Å². The molecule has 1 spiro atoms. The van der Waals surface area contributed by atoms with Gasteiger partial charge in [0.25, 0.3) is 0 Å². The summed E-state index contributed by atoms with van der Waals surface area (Å²) in [6.07, 6.45) is -4.17. The highest BCUT2D eigenvalue weighted by Gasteiger charge is 2.39. The van der Waals surface area contributed by atoms with Crippen molar-refractivity contribution in [2.45, 2.75) is 82.8 Å². The minimum Gasteiger partial charge on any atom is -0.444 e. The van der Waals surface area contributed by atoms with Crippen LogP contribution in [0.5, 0.6) is 0 Å². The van der Waals surface area contributed by atoms with Crippen molar-refractivity contribution in [3.63, 3.8) is 0 Å². The minimum atomic E-state index is -5.01. The van der Waals surface area contributed by atoms with Gasteiger partial charge >= 0.3 is 18.4 Å². The van der Waals surface area contributed by atoms with Gasteiger partial charge in [-0.2, -0.15) is 26.3 Å². The molecule has 2 N–H and O–H groups in total. The summed E-state index contributed by atoms with van der Waals surface area (Å²) < 4.78 is 86.3. The second-order valence-corrected chi connectivity index (χ2v) is 14.2. The normalized spacial score (nSPS) is 16.6. The molecule has 12 heteroatoms. The van der Waals surface area contributed by atoms with Crippen LogP contribution in [0.4, 0.5) is 36.8 Å². The fourth-order valence-electron chi connectivity index (χ4n) is 6.75. The van der Waals surface area contributed by atoms with Crippen molar-refractivity contribution < 1.29 is 40.7 Å². The van der Waals surface area contributed by atoms with E-state index in [1.807, 2.05) is 12.1 Å². The topological polar surface area (TPSA) is 70.7 Å². The first kappa shape index (κ1) is 36.9. The quantitative estimate of drug-likeness (QED) is 0.230. The van der Waals surface area contributed by atoms with Crippen LogP contribution in [0.25, 0.3) is 6.08 Å². The first-order chi connectivity index (χ1) is 23.3. The van der Waals surface area contributed by atoms with Crippen molar-refractivity contribution in [1.82, 2.24) is 10.2 Å². The Labute approximate surface area is 287 Å². The predicted octanol–water partition coefficient (Wildman–Crippen LogP) is 9.23. The zero-order valence-corrected chi connectivity index (χ0v) is 28.4. The van der Waals surface area contributed by atoms with Gasteiger partial charge in [0, 0.05) is 17.6 Å². The van der Waals surface area contributed by atoms with Crippen LogP contribution in [0.1, 0.15) is 84.9 Å². The zero-order chi connectivity index (χ0) is 36.5. The Morgan fingerprint density at radius 2 is 1.54 bits per heavy atom. The Morgan fingerprint density at radius 1 is 0.900 bits per heavy atom. The molecule has 1 fully saturated rings. The minimum absolute atomic E-state index is 0.0388. The molecule has 5 rings (SSSR count). The van der Waals surface area contributed by atoms with Crippen molar-refractivity contribution in [2.24, 2.45) is 0 Å². The predicted molar refractivity (Wildman–Crippen MR) is 180 cm³/mol. The molecule has 0 bridgehead atoms. The first-order valence-corrected chi connectivity index (χ1v) is 16.5. The number of hydrogen-bond acceptors (Lipinski definition) is 4. The number of carbonyl (C=O) groups excluding carboxylic acids is 2. The molecule has 1 aliphatic heterocycles.